The van der Waals surface area contributed by atoms with E-state index in [0.717, 1.165) is 18.2 Å². The molecule has 1 saturated heterocycles. The van der Waals surface area contributed by atoms with E-state index in [1.165, 1.54) is 12.8 Å². The van der Waals surface area contributed by atoms with E-state index in [-0.39, 0.29) is 11.9 Å². The summed E-state index contributed by atoms with van der Waals surface area (Å²) in [7, 11) is 0. The molecule has 1 aliphatic carbocycles. The maximum absolute atomic E-state index is 12.5. The Morgan fingerprint density at radius 2 is 2.11 bits per heavy atom. The molecule has 0 aromatic carbocycles. The van der Waals surface area contributed by atoms with E-state index >= 15 is 0 Å². The summed E-state index contributed by atoms with van der Waals surface area (Å²) in [6.45, 7) is 5.14. The van der Waals surface area contributed by atoms with Gasteiger partial charge in [-0.1, -0.05) is 0 Å². The van der Waals surface area contributed by atoms with Crippen molar-refractivity contribution in [1.29, 1.82) is 0 Å². The van der Waals surface area contributed by atoms with E-state index < -0.39 is 0 Å². The fourth-order valence-electron chi connectivity index (χ4n) is 3.01. The van der Waals surface area contributed by atoms with E-state index in [1.54, 1.807) is 6.20 Å². The zero-order valence-electron chi connectivity index (χ0n) is 11.5. The van der Waals surface area contributed by atoms with Gasteiger partial charge in [-0.2, -0.15) is 0 Å². The summed E-state index contributed by atoms with van der Waals surface area (Å²) in [6.07, 6.45) is 4.18. The third kappa shape index (κ3) is 2.34. The number of rotatable bonds is 2. The highest BCUT2D eigenvalue weighted by Gasteiger charge is 2.42. The molecule has 19 heavy (non-hydrogen) atoms. The predicted molar refractivity (Wildman–Crippen MR) is 71.6 cm³/mol. The zero-order chi connectivity index (χ0) is 13.6. The number of likely N-dealkylation sites (tertiary alicyclic amines) is 1. The van der Waals surface area contributed by atoms with Crippen LogP contribution in [0.15, 0.2) is 6.20 Å². The summed E-state index contributed by atoms with van der Waals surface area (Å²) in [5, 5.41) is 0. The van der Waals surface area contributed by atoms with Crippen molar-refractivity contribution in [2.24, 2.45) is 17.6 Å². The predicted octanol–water partition coefficient (Wildman–Crippen LogP) is 0.903. The molecule has 2 heterocycles. The number of hydrogen-bond donors (Lipinski definition) is 1. The molecule has 0 unspecified atom stereocenters. The van der Waals surface area contributed by atoms with Gasteiger partial charge in [0.2, 0.25) is 0 Å². The lowest BCUT2D eigenvalue weighted by Gasteiger charge is -2.17. The monoisotopic (exact) mass is 260 g/mol. The zero-order valence-corrected chi connectivity index (χ0v) is 11.5. The second-order valence-electron chi connectivity index (χ2n) is 5.79. The molecular weight excluding hydrogens is 240 g/mol. The van der Waals surface area contributed by atoms with Gasteiger partial charge >= 0.3 is 0 Å². The van der Waals surface area contributed by atoms with Crippen LogP contribution in [0, 0.1) is 25.7 Å². The number of amides is 1. The lowest BCUT2D eigenvalue weighted by molar-refractivity contribution is 0.0783. The second kappa shape index (κ2) is 4.56. The van der Waals surface area contributed by atoms with Gasteiger partial charge in [0, 0.05) is 25.3 Å². The molecule has 1 saturated carbocycles. The molecular formula is C14H20N4O. The molecule has 3 rings (SSSR count). The van der Waals surface area contributed by atoms with Crippen molar-refractivity contribution in [3.05, 3.63) is 23.3 Å². The third-order valence-electron chi connectivity index (χ3n) is 4.26. The van der Waals surface area contributed by atoms with Gasteiger partial charge in [0.1, 0.15) is 5.82 Å². The summed E-state index contributed by atoms with van der Waals surface area (Å²) >= 11 is 0. The fourth-order valence-corrected chi connectivity index (χ4v) is 3.01. The molecule has 2 fully saturated rings. The van der Waals surface area contributed by atoms with Gasteiger partial charge in [-0.15, -0.1) is 0 Å². The molecule has 0 spiro atoms. The van der Waals surface area contributed by atoms with Crippen molar-refractivity contribution in [3.8, 4) is 0 Å². The van der Waals surface area contributed by atoms with Gasteiger partial charge in [0.25, 0.3) is 5.91 Å². The Morgan fingerprint density at radius 1 is 1.37 bits per heavy atom. The number of hydrogen-bond acceptors (Lipinski definition) is 4. The molecule has 1 aromatic heterocycles. The Hall–Kier alpha value is -1.49. The lowest BCUT2D eigenvalue weighted by atomic mass is 9.99. The van der Waals surface area contributed by atoms with Crippen LogP contribution in [-0.4, -0.2) is 39.9 Å². The van der Waals surface area contributed by atoms with E-state index in [4.69, 9.17) is 5.73 Å². The molecule has 0 bridgehead atoms. The topological polar surface area (TPSA) is 72.1 Å². The Labute approximate surface area is 113 Å². The van der Waals surface area contributed by atoms with Crippen molar-refractivity contribution >= 4 is 5.91 Å². The molecule has 1 aromatic rings. The average Bonchev–Trinajstić information content (AvgIpc) is 3.12. The maximum atomic E-state index is 12.5. The molecule has 2 aliphatic rings. The number of nitrogens with zero attached hydrogens (tertiary/aromatic N) is 3. The van der Waals surface area contributed by atoms with Crippen LogP contribution in [-0.2, 0) is 0 Å². The van der Waals surface area contributed by atoms with E-state index in [0.29, 0.717) is 23.9 Å². The number of aromatic nitrogens is 2. The Kier molecular flexibility index (Phi) is 3.01. The van der Waals surface area contributed by atoms with Crippen molar-refractivity contribution in [2.45, 2.75) is 32.7 Å². The Bertz CT molecular complexity index is 512. The lowest BCUT2D eigenvalue weighted by Crippen LogP contribution is -2.33. The molecule has 5 heteroatoms. The molecule has 0 radical (unpaired) electrons. The standard InChI is InChI=1S/C14H20N4O/c1-8-11(5-16-9(2)17-8)14(19)18-6-12(10-3-4-10)13(15)7-18/h5,10,12-13H,3-4,6-7,15H2,1-2H3/t12-,13+/m1/s1. The minimum atomic E-state index is 0.0242. The van der Waals surface area contributed by atoms with Gasteiger partial charge in [-0.05, 0) is 38.5 Å². The molecule has 102 valence electrons. The second-order valence-corrected chi connectivity index (χ2v) is 5.79. The van der Waals surface area contributed by atoms with Crippen molar-refractivity contribution in [1.82, 2.24) is 14.9 Å². The van der Waals surface area contributed by atoms with Gasteiger partial charge in [-0.3, -0.25) is 4.79 Å². The van der Waals surface area contributed by atoms with E-state index in [9.17, 15) is 4.79 Å². The van der Waals surface area contributed by atoms with Gasteiger partial charge < -0.3 is 10.6 Å². The molecule has 5 nitrogen and oxygen atoms in total. The average molecular weight is 260 g/mol. The maximum Gasteiger partial charge on any atom is 0.257 e. The highest BCUT2D eigenvalue weighted by Crippen LogP contribution is 2.41. The smallest absolute Gasteiger partial charge is 0.257 e. The first-order chi connectivity index (χ1) is 9.06. The third-order valence-corrected chi connectivity index (χ3v) is 4.26. The highest BCUT2D eigenvalue weighted by atomic mass is 16.2. The minimum Gasteiger partial charge on any atom is -0.337 e. The summed E-state index contributed by atoms with van der Waals surface area (Å²) in [5.41, 5.74) is 7.52. The van der Waals surface area contributed by atoms with Crippen LogP contribution in [0.5, 0.6) is 0 Å². The quantitative estimate of drug-likeness (QED) is 0.857. The Morgan fingerprint density at radius 3 is 2.74 bits per heavy atom. The van der Waals surface area contributed by atoms with Gasteiger partial charge in [0.15, 0.2) is 0 Å². The minimum absolute atomic E-state index is 0.0242. The van der Waals surface area contributed by atoms with Crippen LogP contribution >= 0.6 is 0 Å². The van der Waals surface area contributed by atoms with E-state index in [1.807, 2.05) is 18.7 Å². The van der Waals surface area contributed by atoms with Crippen LogP contribution in [0.3, 0.4) is 0 Å². The van der Waals surface area contributed by atoms with E-state index in [2.05, 4.69) is 9.97 Å². The van der Waals surface area contributed by atoms with Crippen LogP contribution < -0.4 is 5.73 Å². The number of carbonyl (C=O) groups excluding carboxylic acids is 1. The molecule has 2 N–H and O–H groups in total. The van der Waals surface area contributed by atoms with Gasteiger partial charge in [-0.25, -0.2) is 9.97 Å². The largest absolute Gasteiger partial charge is 0.337 e. The summed E-state index contributed by atoms with van der Waals surface area (Å²) in [4.78, 5) is 22.8. The first-order valence-corrected chi connectivity index (χ1v) is 6.91. The van der Waals surface area contributed by atoms with Crippen molar-refractivity contribution in [2.75, 3.05) is 13.1 Å². The fraction of sp³-hybridized carbons (Fsp3) is 0.643. The normalized spacial score (nSPS) is 26.8. The van der Waals surface area contributed by atoms with Crippen LogP contribution in [0.4, 0.5) is 0 Å². The molecule has 1 amide bonds. The number of aryl methyl sites for hydroxylation is 2. The highest BCUT2D eigenvalue weighted by molar-refractivity contribution is 5.95. The van der Waals surface area contributed by atoms with Gasteiger partial charge in [0.05, 0.1) is 11.3 Å². The molecule has 1 aliphatic heterocycles. The molecule has 2 atom stereocenters. The number of carbonyl (C=O) groups is 1. The first-order valence-electron chi connectivity index (χ1n) is 6.91. The van der Waals surface area contributed by atoms with Crippen molar-refractivity contribution < 1.29 is 4.79 Å². The van der Waals surface area contributed by atoms with Crippen molar-refractivity contribution in [3.63, 3.8) is 0 Å². The van der Waals surface area contributed by atoms with Crippen LogP contribution in [0.25, 0.3) is 0 Å². The summed E-state index contributed by atoms with van der Waals surface area (Å²) in [5.74, 6) is 1.94. The summed E-state index contributed by atoms with van der Waals surface area (Å²) in [6, 6.07) is 0.128. The summed E-state index contributed by atoms with van der Waals surface area (Å²) < 4.78 is 0. The SMILES string of the molecule is Cc1ncc(C(=O)N2C[C@H](C3CC3)[C@@H](N)C2)c(C)n1. The first kappa shape index (κ1) is 12.5. The number of nitrogens with two attached hydrogens (primary N) is 1. The Balaban J connectivity index is 1.77. The van der Waals surface area contributed by atoms with Crippen LogP contribution in [0.2, 0.25) is 0 Å². The van der Waals surface area contributed by atoms with Crippen LogP contribution in [0.1, 0.15) is 34.7 Å².